The molecule has 0 bridgehead atoms. The van der Waals surface area contributed by atoms with Crippen molar-refractivity contribution in [2.45, 2.75) is 89.8 Å². The summed E-state index contributed by atoms with van der Waals surface area (Å²) in [6.07, 6.45) is 12.7. The maximum absolute atomic E-state index is 3.62. The molecule has 2 rings (SSSR count). The Bertz CT molecular complexity index is 252. The van der Waals surface area contributed by atoms with Crippen LogP contribution >= 0.6 is 0 Å². The summed E-state index contributed by atoms with van der Waals surface area (Å²) >= 11 is 0. The summed E-state index contributed by atoms with van der Waals surface area (Å²) in [5.41, 5.74) is 0. The van der Waals surface area contributed by atoms with Crippen molar-refractivity contribution in [1.29, 1.82) is 0 Å². The largest absolute Gasteiger partial charge is 0.315 e. The minimum absolute atomic E-state index is 0.736. The van der Waals surface area contributed by atoms with E-state index in [2.05, 4.69) is 31.1 Å². The van der Waals surface area contributed by atoms with Gasteiger partial charge in [0.2, 0.25) is 0 Å². The Morgan fingerprint density at radius 1 is 1.11 bits per heavy atom. The van der Waals surface area contributed by atoms with Crippen LogP contribution in [0.15, 0.2) is 0 Å². The Hall–Kier alpha value is -0.0800. The molecule has 1 heterocycles. The summed E-state index contributed by atoms with van der Waals surface area (Å²) in [6.45, 7) is 6.07. The van der Waals surface area contributed by atoms with Crippen LogP contribution in [0.3, 0.4) is 0 Å². The molecule has 0 amide bonds. The number of nitrogens with one attached hydrogen (secondary N) is 1. The lowest BCUT2D eigenvalue weighted by atomic mass is 9.79. The lowest BCUT2D eigenvalue weighted by Gasteiger charge is -2.48. The van der Waals surface area contributed by atoms with Crippen molar-refractivity contribution in [2.24, 2.45) is 5.92 Å². The van der Waals surface area contributed by atoms with Gasteiger partial charge in [-0.25, -0.2) is 0 Å². The Kier molecular flexibility index (Phi) is 6.15. The molecule has 0 aromatic heterocycles. The first-order valence-corrected chi connectivity index (χ1v) is 8.73. The van der Waals surface area contributed by atoms with E-state index in [1.165, 1.54) is 64.3 Å². The molecule has 1 N–H and O–H groups in total. The first kappa shape index (κ1) is 15.3. The highest BCUT2D eigenvalue weighted by Gasteiger charge is 2.36. The molecular weight excluding hydrogens is 232 g/mol. The van der Waals surface area contributed by atoms with Gasteiger partial charge in [0.1, 0.15) is 0 Å². The van der Waals surface area contributed by atoms with Crippen molar-refractivity contribution >= 4 is 0 Å². The molecule has 2 fully saturated rings. The molecule has 112 valence electrons. The third-order valence-electron chi connectivity index (χ3n) is 5.59. The topological polar surface area (TPSA) is 15.3 Å². The second-order valence-corrected chi connectivity index (χ2v) is 6.73. The van der Waals surface area contributed by atoms with Crippen molar-refractivity contribution in [2.75, 3.05) is 13.6 Å². The summed E-state index contributed by atoms with van der Waals surface area (Å²) in [5.74, 6) is 0.971. The first-order valence-electron chi connectivity index (χ1n) is 8.73. The SMILES string of the molecule is CCCC1CCCCN1C1CC(CC)CCC1NC. The summed E-state index contributed by atoms with van der Waals surface area (Å²) in [7, 11) is 2.17. The number of likely N-dealkylation sites (N-methyl/N-ethyl adjacent to an activating group) is 1. The smallest absolute Gasteiger partial charge is 0.0254 e. The number of likely N-dealkylation sites (tertiary alicyclic amines) is 1. The Balaban J connectivity index is 2.05. The molecule has 19 heavy (non-hydrogen) atoms. The molecule has 4 unspecified atom stereocenters. The first-order chi connectivity index (χ1) is 9.30. The second-order valence-electron chi connectivity index (χ2n) is 6.73. The van der Waals surface area contributed by atoms with Gasteiger partial charge in [0.15, 0.2) is 0 Å². The summed E-state index contributed by atoms with van der Waals surface area (Å²) in [5, 5.41) is 3.62. The average molecular weight is 266 g/mol. The summed E-state index contributed by atoms with van der Waals surface area (Å²) < 4.78 is 0. The highest BCUT2D eigenvalue weighted by Crippen LogP contribution is 2.34. The van der Waals surface area contributed by atoms with E-state index in [-0.39, 0.29) is 0 Å². The fourth-order valence-corrected chi connectivity index (χ4v) is 4.41. The zero-order valence-corrected chi connectivity index (χ0v) is 13.3. The van der Waals surface area contributed by atoms with Gasteiger partial charge < -0.3 is 5.32 Å². The summed E-state index contributed by atoms with van der Waals surface area (Å²) in [4.78, 5) is 2.90. The van der Waals surface area contributed by atoms with Gasteiger partial charge in [0, 0.05) is 18.1 Å². The predicted molar refractivity (Wildman–Crippen MR) is 83.5 cm³/mol. The molecule has 4 atom stereocenters. The second kappa shape index (κ2) is 7.64. The van der Waals surface area contributed by atoms with E-state index in [1.54, 1.807) is 0 Å². The summed E-state index contributed by atoms with van der Waals surface area (Å²) in [6, 6.07) is 2.41. The van der Waals surface area contributed by atoms with Crippen molar-refractivity contribution in [3.63, 3.8) is 0 Å². The van der Waals surface area contributed by atoms with E-state index < -0.39 is 0 Å². The van der Waals surface area contributed by atoms with Crippen LogP contribution in [0.5, 0.6) is 0 Å². The zero-order valence-electron chi connectivity index (χ0n) is 13.3. The van der Waals surface area contributed by atoms with Gasteiger partial charge in [-0.1, -0.05) is 33.1 Å². The van der Waals surface area contributed by atoms with Gasteiger partial charge in [0.25, 0.3) is 0 Å². The molecule has 1 aliphatic carbocycles. The van der Waals surface area contributed by atoms with Crippen LogP contribution in [0.25, 0.3) is 0 Å². The van der Waals surface area contributed by atoms with Crippen molar-refractivity contribution in [3.8, 4) is 0 Å². The molecule has 2 heteroatoms. The number of hydrogen-bond donors (Lipinski definition) is 1. The molecular formula is C17H34N2. The lowest BCUT2D eigenvalue weighted by Crippen LogP contribution is -2.56. The highest BCUT2D eigenvalue weighted by molar-refractivity contribution is 4.94. The highest BCUT2D eigenvalue weighted by atomic mass is 15.2. The number of rotatable bonds is 5. The molecule has 1 saturated carbocycles. The van der Waals surface area contributed by atoms with Crippen LogP contribution in [-0.2, 0) is 0 Å². The lowest BCUT2D eigenvalue weighted by molar-refractivity contribution is 0.0345. The van der Waals surface area contributed by atoms with Crippen molar-refractivity contribution in [3.05, 3.63) is 0 Å². The van der Waals surface area contributed by atoms with Crippen LogP contribution in [0.4, 0.5) is 0 Å². The minimum atomic E-state index is 0.736. The van der Waals surface area contributed by atoms with Crippen LogP contribution in [-0.4, -0.2) is 36.6 Å². The van der Waals surface area contributed by atoms with Crippen LogP contribution in [0.1, 0.15) is 71.6 Å². The van der Waals surface area contributed by atoms with Crippen molar-refractivity contribution in [1.82, 2.24) is 10.2 Å². The van der Waals surface area contributed by atoms with Gasteiger partial charge in [-0.2, -0.15) is 0 Å². The van der Waals surface area contributed by atoms with Gasteiger partial charge >= 0.3 is 0 Å². The quantitative estimate of drug-likeness (QED) is 0.814. The third kappa shape index (κ3) is 3.72. The van der Waals surface area contributed by atoms with Crippen LogP contribution in [0.2, 0.25) is 0 Å². The normalized spacial score (nSPS) is 37.4. The monoisotopic (exact) mass is 266 g/mol. The molecule has 2 aliphatic rings. The third-order valence-corrected chi connectivity index (χ3v) is 5.59. The fourth-order valence-electron chi connectivity index (χ4n) is 4.41. The molecule has 0 spiro atoms. The van der Waals surface area contributed by atoms with E-state index in [1.807, 2.05) is 0 Å². The molecule has 0 aromatic carbocycles. The molecule has 0 aromatic rings. The van der Waals surface area contributed by atoms with E-state index in [0.29, 0.717) is 0 Å². The van der Waals surface area contributed by atoms with E-state index in [0.717, 1.165) is 24.0 Å². The Morgan fingerprint density at radius 3 is 2.63 bits per heavy atom. The number of nitrogens with zero attached hydrogens (tertiary/aromatic N) is 1. The fraction of sp³-hybridized carbons (Fsp3) is 1.00. The molecule has 2 nitrogen and oxygen atoms in total. The Labute approximate surface area is 120 Å². The molecule has 1 saturated heterocycles. The van der Waals surface area contributed by atoms with Gasteiger partial charge in [-0.15, -0.1) is 0 Å². The van der Waals surface area contributed by atoms with E-state index in [4.69, 9.17) is 0 Å². The predicted octanol–water partition coefficient (Wildman–Crippen LogP) is 3.81. The maximum Gasteiger partial charge on any atom is 0.0254 e. The van der Waals surface area contributed by atoms with Gasteiger partial charge in [-0.05, 0) is 58.0 Å². The van der Waals surface area contributed by atoms with Gasteiger partial charge in [-0.3, -0.25) is 4.90 Å². The van der Waals surface area contributed by atoms with E-state index in [9.17, 15) is 0 Å². The van der Waals surface area contributed by atoms with Gasteiger partial charge in [0.05, 0.1) is 0 Å². The van der Waals surface area contributed by atoms with Crippen LogP contribution < -0.4 is 5.32 Å². The van der Waals surface area contributed by atoms with Crippen molar-refractivity contribution < 1.29 is 0 Å². The molecule has 1 aliphatic heterocycles. The minimum Gasteiger partial charge on any atom is -0.315 e. The zero-order chi connectivity index (χ0) is 13.7. The number of piperidine rings is 1. The molecule has 0 radical (unpaired) electrons. The van der Waals surface area contributed by atoms with E-state index >= 15 is 0 Å². The maximum atomic E-state index is 3.62. The van der Waals surface area contributed by atoms with Crippen LogP contribution in [0, 0.1) is 5.92 Å². The standard InChI is InChI=1S/C17H34N2/c1-4-8-15-9-6-7-12-19(15)17-13-14(5-2)10-11-16(17)18-3/h14-18H,4-13H2,1-3H3. The number of hydrogen-bond acceptors (Lipinski definition) is 2. The Morgan fingerprint density at radius 2 is 1.95 bits per heavy atom. The average Bonchev–Trinajstić information content (AvgIpc) is 2.47.